The van der Waals surface area contributed by atoms with Gasteiger partial charge in [-0.05, 0) is 138 Å². The van der Waals surface area contributed by atoms with E-state index in [1.54, 1.807) is 0 Å². The van der Waals surface area contributed by atoms with Crippen LogP contribution in [0.15, 0.2) is 192 Å². The molecule has 2 atom stereocenters. The zero-order valence-corrected chi connectivity index (χ0v) is 39.8. The van der Waals surface area contributed by atoms with E-state index in [-0.39, 0.29) is 17.7 Å². The second-order valence-electron chi connectivity index (χ2n) is 20.4. The molecule has 9 aromatic carbocycles. The maximum atomic E-state index is 6.42. The van der Waals surface area contributed by atoms with Crippen LogP contribution in [0.1, 0.15) is 50.7 Å². The van der Waals surface area contributed by atoms with Crippen LogP contribution in [0.2, 0.25) is 0 Å². The topological polar surface area (TPSA) is 22.9 Å². The molecule has 1 saturated carbocycles. The summed E-state index contributed by atoms with van der Waals surface area (Å²) in [6.07, 6.45) is 4.85. The Bertz CT molecular complexity index is 3970. The molecular weight excluding hydrogens is 858 g/mol. The predicted octanol–water partition coefficient (Wildman–Crippen LogP) is 15.8. The molecular formula is C63H48BN3OS. The smallest absolute Gasteiger partial charge is 0.252 e. The maximum absolute atomic E-state index is 6.42. The van der Waals surface area contributed by atoms with Crippen LogP contribution in [-0.2, 0) is 5.41 Å². The van der Waals surface area contributed by atoms with Gasteiger partial charge >= 0.3 is 0 Å². The van der Waals surface area contributed by atoms with Gasteiger partial charge in [0.2, 0.25) is 0 Å². The molecule has 4 nitrogen and oxygen atoms in total. The zero-order valence-electron chi connectivity index (χ0n) is 39.0. The number of anilines is 8. The van der Waals surface area contributed by atoms with E-state index < -0.39 is 0 Å². The third kappa shape index (κ3) is 5.35. The molecule has 1 aliphatic carbocycles. The normalized spacial score (nSPS) is 19.0. The first-order chi connectivity index (χ1) is 33.9. The largest absolute Gasteiger partial charge is 0.456 e. The molecule has 1 fully saturated rings. The number of furan rings is 1. The highest BCUT2D eigenvalue weighted by molar-refractivity contribution is 7.26. The minimum absolute atomic E-state index is 0.0349. The van der Waals surface area contributed by atoms with Crippen LogP contribution in [0.4, 0.5) is 45.5 Å². The number of thiophene rings is 1. The third-order valence-corrected chi connectivity index (χ3v) is 18.0. The van der Waals surface area contributed by atoms with E-state index in [0.717, 1.165) is 34.0 Å². The molecule has 15 rings (SSSR count). The van der Waals surface area contributed by atoms with Crippen molar-refractivity contribution < 1.29 is 4.42 Å². The fourth-order valence-electron chi connectivity index (χ4n) is 13.5. The fraction of sp³-hybridized carbons (Fsp3) is 0.143. The van der Waals surface area contributed by atoms with E-state index in [1.807, 2.05) is 11.3 Å². The van der Waals surface area contributed by atoms with Crippen molar-refractivity contribution in [3.63, 3.8) is 0 Å². The zero-order chi connectivity index (χ0) is 45.8. The summed E-state index contributed by atoms with van der Waals surface area (Å²) in [5, 5.41) is 4.86. The van der Waals surface area contributed by atoms with Crippen molar-refractivity contribution in [2.75, 3.05) is 14.7 Å². The summed E-state index contributed by atoms with van der Waals surface area (Å²) in [5.74, 6) is 0. The van der Waals surface area contributed by atoms with Gasteiger partial charge in [-0.15, -0.1) is 11.3 Å². The molecule has 0 spiro atoms. The van der Waals surface area contributed by atoms with Crippen LogP contribution in [-0.4, -0.2) is 12.3 Å². The Morgan fingerprint density at radius 1 is 0.493 bits per heavy atom. The summed E-state index contributed by atoms with van der Waals surface area (Å²) in [6, 6.07) is 70.9. The quantitative estimate of drug-likeness (QED) is 0.164. The molecule has 3 aliphatic heterocycles. The van der Waals surface area contributed by atoms with Crippen molar-refractivity contribution in [2.24, 2.45) is 0 Å². The molecule has 330 valence electrons. The van der Waals surface area contributed by atoms with Crippen LogP contribution in [0, 0.1) is 6.92 Å². The Morgan fingerprint density at radius 3 is 2.12 bits per heavy atom. The number of aryl methyl sites for hydroxylation is 1. The van der Waals surface area contributed by atoms with Crippen LogP contribution < -0.4 is 31.1 Å². The number of para-hydroxylation sites is 2. The molecule has 0 bridgehead atoms. The lowest BCUT2D eigenvalue weighted by Gasteiger charge is -2.50. The summed E-state index contributed by atoms with van der Waals surface area (Å²) >= 11 is 1.91. The van der Waals surface area contributed by atoms with Gasteiger partial charge in [0, 0.05) is 71.5 Å². The van der Waals surface area contributed by atoms with Crippen molar-refractivity contribution in [1.82, 2.24) is 0 Å². The van der Waals surface area contributed by atoms with Gasteiger partial charge in [0.25, 0.3) is 6.71 Å². The summed E-state index contributed by atoms with van der Waals surface area (Å²) in [5.41, 5.74) is 20.7. The molecule has 0 amide bonds. The SMILES string of the molecule is Cc1cc2c3c(c1)N(c1cccc4c1sc1ccccc14)c1cc(N4c5ccccc5C5(C)CCCCC45C)ccc1B3c1cc(-c3ccccc3)ccc1N2c1ccc2oc3ccccc3c2c1. The minimum atomic E-state index is -0.0697. The van der Waals surface area contributed by atoms with Crippen LogP contribution in [0.25, 0.3) is 53.2 Å². The van der Waals surface area contributed by atoms with E-state index in [2.05, 4.69) is 224 Å². The Balaban J connectivity index is 1.03. The second kappa shape index (κ2) is 14.3. The van der Waals surface area contributed by atoms with Crippen LogP contribution >= 0.6 is 11.3 Å². The monoisotopic (exact) mass is 905 g/mol. The molecule has 6 heteroatoms. The van der Waals surface area contributed by atoms with Gasteiger partial charge < -0.3 is 19.1 Å². The Kier molecular flexibility index (Phi) is 8.15. The van der Waals surface area contributed by atoms with E-state index in [1.165, 1.54) is 118 Å². The number of nitrogens with zero attached hydrogens (tertiary/aromatic N) is 3. The summed E-state index contributed by atoms with van der Waals surface area (Å²) < 4.78 is 9.03. The summed E-state index contributed by atoms with van der Waals surface area (Å²) in [7, 11) is 0. The first-order valence-electron chi connectivity index (χ1n) is 24.7. The van der Waals surface area contributed by atoms with Crippen LogP contribution in [0.5, 0.6) is 0 Å². The number of hydrogen-bond acceptors (Lipinski definition) is 5. The van der Waals surface area contributed by atoms with Crippen molar-refractivity contribution in [3.05, 3.63) is 199 Å². The van der Waals surface area contributed by atoms with Crippen molar-refractivity contribution >= 4 is 122 Å². The minimum Gasteiger partial charge on any atom is -0.456 e. The molecule has 0 saturated heterocycles. The van der Waals surface area contributed by atoms with Gasteiger partial charge in [0.15, 0.2) is 0 Å². The Morgan fingerprint density at radius 2 is 1.22 bits per heavy atom. The van der Waals surface area contributed by atoms with E-state index in [0.29, 0.717) is 0 Å². The number of benzene rings is 9. The lowest BCUT2D eigenvalue weighted by molar-refractivity contribution is 0.195. The van der Waals surface area contributed by atoms with Gasteiger partial charge in [0.1, 0.15) is 11.2 Å². The third-order valence-electron chi connectivity index (χ3n) is 16.8. The van der Waals surface area contributed by atoms with Crippen molar-refractivity contribution in [3.8, 4) is 11.1 Å². The molecule has 5 heterocycles. The number of hydrogen-bond donors (Lipinski definition) is 0. The van der Waals surface area contributed by atoms with E-state index in [9.17, 15) is 0 Å². The Labute approximate surface area is 406 Å². The molecule has 11 aromatic rings. The molecule has 2 unspecified atom stereocenters. The second-order valence-corrected chi connectivity index (χ2v) is 21.5. The molecule has 4 aliphatic rings. The summed E-state index contributed by atoms with van der Waals surface area (Å²) in [4.78, 5) is 7.94. The van der Waals surface area contributed by atoms with Crippen LogP contribution in [0.3, 0.4) is 0 Å². The van der Waals surface area contributed by atoms with Gasteiger partial charge in [-0.25, -0.2) is 0 Å². The lowest BCUT2D eigenvalue weighted by atomic mass is 9.33. The fourth-order valence-corrected chi connectivity index (χ4v) is 14.7. The van der Waals surface area contributed by atoms with Gasteiger partial charge in [0.05, 0.1) is 15.9 Å². The highest BCUT2D eigenvalue weighted by atomic mass is 32.1. The highest BCUT2D eigenvalue weighted by Crippen LogP contribution is 2.61. The number of fused-ring (bicyclic) bond motifs is 13. The Hall–Kier alpha value is -7.54. The maximum Gasteiger partial charge on any atom is 0.252 e. The lowest BCUT2D eigenvalue weighted by Crippen LogP contribution is -2.61. The molecule has 69 heavy (non-hydrogen) atoms. The van der Waals surface area contributed by atoms with Gasteiger partial charge in [-0.1, -0.05) is 135 Å². The average molecular weight is 906 g/mol. The van der Waals surface area contributed by atoms with Crippen molar-refractivity contribution in [2.45, 2.75) is 57.4 Å². The van der Waals surface area contributed by atoms with E-state index in [4.69, 9.17) is 4.42 Å². The molecule has 2 aromatic heterocycles. The van der Waals surface area contributed by atoms with Gasteiger partial charge in [-0.3, -0.25) is 0 Å². The van der Waals surface area contributed by atoms with E-state index >= 15 is 0 Å². The highest BCUT2D eigenvalue weighted by Gasteiger charge is 2.58. The molecule has 0 N–H and O–H groups in total. The summed E-state index contributed by atoms with van der Waals surface area (Å²) in [6.45, 7) is 7.33. The van der Waals surface area contributed by atoms with Crippen molar-refractivity contribution in [1.29, 1.82) is 0 Å². The number of rotatable bonds is 4. The standard InChI is InChI=1S/C63H48BN3OS/c1-39-34-55-60-56(35-39)66(53-23-15-20-46-45-19-8-12-25-59(45)69-61(46)53)54-38-43(67-51-22-10-9-21-48(51)62(2)32-13-14-33-63(62,67)3)27-29-49(54)64(60)50-36-41(40-16-5-4-6-17-40)26-30-52(50)65(55)42-28-31-58-47(37-42)44-18-7-11-24-57(44)68-58/h4-12,15-31,34-38H,13-14,32-33H2,1-3H3. The predicted molar refractivity (Wildman–Crippen MR) is 294 cm³/mol. The first kappa shape index (κ1) is 39.5. The molecule has 0 radical (unpaired) electrons. The van der Waals surface area contributed by atoms with Gasteiger partial charge in [-0.2, -0.15) is 0 Å². The first-order valence-corrected chi connectivity index (χ1v) is 25.5. The average Bonchev–Trinajstić information content (AvgIpc) is 4.02.